The molecule has 0 heterocycles. The van der Waals surface area contributed by atoms with Crippen molar-refractivity contribution in [2.24, 2.45) is 0 Å². The second kappa shape index (κ2) is 12.1. The molecular formula is C49H37N. The van der Waals surface area contributed by atoms with Gasteiger partial charge in [-0.1, -0.05) is 166 Å². The fourth-order valence-electron chi connectivity index (χ4n) is 7.98. The zero-order valence-corrected chi connectivity index (χ0v) is 28.3. The van der Waals surface area contributed by atoms with Crippen molar-refractivity contribution < 1.29 is 0 Å². The summed E-state index contributed by atoms with van der Waals surface area (Å²) in [7, 11) is 0. The van der Waals surface area contributed by atoms with Crippen LogP contribution < -0.4 is 4.90 Å². The lowest BCUT2D eigenvalue weighted by atomic mass is 9.80. The summed E-state index contributed by atoms with van der Waals surface area (Å²) in [5.74, 6) is 0. The summed E-state index contributed by atoms with van der Waals surface area (Å²) >= 11 is 0. The second-order valence-corrected chi connectivity index (χ2v) is 13.8. The Morgan fingerprint density at radius 1 is 0.360 bits per heavy atom. The third-order valence-electron chi connectivity index (χ3n) is 10.4. The molecule has 238 valence electrons. The van der Waals surface area contributed by atoms with E-state index in [0.29, 0.717) is 0 Å². The van der Waals surface area contributed by atoms with Crippen LogP contribution in [0.3, 0.4) is 0 Å². The van der Waals surface area contributed by atoms with E-state index in [1.807, 2.05) is 0 Å². The van der Waals surface area contributed by atoms with Crippen LogP contribution in [0.1, 0.15) is 25.0 Å². The molecule has 1 nitrogen and oxygen atoms in total. The molecule has 0 fully saturated rings. The van der Waals surface area contributed by atoms with E-state index in [9.17, 15) is 0 Å². The third-order valence-corrected chi connectivity index (χ3v) is 10.4. The highest BCUT2D eigenvalue weighted by Crippen LogP contribution is 2.55. The monoisotopic (exact) mass is 639 g/mol. The Hall–Kier alpha value is -6.18. The van der Waals surface area contributed by atoms with Gasteiger partial charge in [-0.3, -0.25) is 0 Å². The lowest BCUT2D eigenvalue weighted by Crippen LogP contribution is -2.16. The van der Waals surface area contributed by atoms with Gasteiger partial charge in [-0.2, -0.15) is 0 Å². The molecule has 0 spiro atoms. The molecule has 8 aromatic carbocycles. The molecule has 0 amide bonds. The van der Waals surface area contributed by atoms with E-state index in [1.165, 1.54) is 72.1 Å². The van der Waals surface area contributed by atoms with Crippen molar-refractivity contribution >= 4 is 27.8 Å². The van der Waals surface area contributed by atoms with Gasteiger partial charge in [0.15, 0.2) is 0 Å². The number of hydrogen-bond donors (Lipinski definition) is 0. The maximum Gasteiger partial charge on any atom is 0.0546 e. The Kier molecular flexibility index (Phi) is 7.21. The summed E-state index contributed by atoms with van der Waals surface area (Å²) in [4.78, 5) is 2.43. The highest BCUT2D eigenvalue weighted by atomic mass is 15.1. The molecular weight excluding hydrogens is 603 g/mol. The van der Waals surface area contributed by atoms with Gasteiger partial charge >= 0.3 is 0 Å². The van der Waals surface area contributed by atoms with Gasteiger partial charge in [-0.05, 0) is 97.4 Å². The predicted octanol–water partition coefficient (Wildman–Crippen LogP) is 13.6. The van der Waals surface area contributed by atoms with Crippen LogP contribution in [0.15, 0.2) is 188 Å². The fraction of sp³-hybridized carbons (Fsp3) is 0.0612. The summed E-state index contributed by atoms with van der Waals surface area (Å²) < 4.78 is 0. The van der Waals surface area contributed by atoms with Crippen LogP contribution in [0.2, 0.25) is 0 Å². The molecule has 0 saturated heterocycles. The molecule has 0 bridgehead atoms. The van der Waals surface area contributed by atoms with Crippen LogP contribution in [0.4, 0.5) is 17.1 Å². The van der Waals surface area contributed by atoms with Crippen LogP contribution in [0.5, 0.6) is 0 Å². The highest BCUT2D eigenvalue weighted by Gasteiger charge is 2.38. The average Bonchev–Trinajstić information content (AvgIpc) is 3.41. The van der Waals surface area contributed by atoms with E-state index in [1.54, 1.807) is 0 Å². The molecule has 0 aliphatic heterocycles. The minimum Gasteiger partial charge on any atom is -0.310 e. The van der Waals surface area contributed by atoms with E-state index in [-0.39, 0.29) is 5.41 Å². The standard InChI is InChI=1S/C49H37N/c1-49(2)46-31-28-39(35-16-8-4-9-17-35)32-44(46)45-33-47(42-20-12-13-21-43(42)48(45)49)50(40-18-10-5-11-19-40)41-29-26-38(27-30-41)37-24-22-36(23-25-37)34-14-6-3-7-15-34/h3-33H,1-2H3. The Morgan fingerprint density at radius 2 is 0.800 bits per heavy atom. The number of para-hydroxylation sites is 1. The largest absolute Gasteiger partial charge is 0.310 e. The molecule has 0 atom stereocenters. The lowest BCUT2D eigenvalue weighted by molar-refractivity contribution is 0.666. The fourth-order valence-corrected chi connectivity index (χ4v) is 7.98. The first kappa shape index (κ1) is 29.9. The zero-order valence-electron chi connectivity index (χ0n) is 28.3. The molecule has 8 aromatic rings. The van der Waals surface area contributed by atoms with Gasteiger partial charge in [0.2, 0.25) is 0 Å². The molecule has 0 aromatic heterocycles. The predicted molar refractivity (Wildman–Crippen MR) is 213 cm³/mol. The summed E-state index contributed by atoms with van der Waals surface area (Å²) in [5.41, 5.74) is 16.1. The van der Waals surface area contributed by atoms with Gasteiger partial charge in [0.05, 0.1) is 5.69 Å². The van der Waals surface area contributed by atoms with Crippen LogP contribution in [0.25, 0.3) is 55.3 Å². The maximum atomic E-state index is 2.45. The first-order chi connectivity index (χ1) is 24.6. The summed E-state index contributed by atoms with van der Waals surface area (Å²) in [6, 6.07) is 68.4. The Bertz CT molecular complexity index is 2460. The lowest BCUT2D eigenvalue weighted by Gasteiger charge is -2.29. The number of rotatable bonds is 6. The van der Waals surface area contributed by atoms with E-state index in [4.69, 9.17) is 0 Å². The molecule has 1 aliphatic rings. The van der Waals surface area contributed by atoms with Gasteiger partial charge in [-0.15, -0.1) is 0 Å². The Morgan fingerprint density at radius 3 is 1.40 bits per heavy atom. The molecule has 0 radical (unpaired) electrons. The second-order valence-electron chi connectivity index (χ2n) is 13.8. The normalized spacial score (nSPS) is 12.8. The molecule has 50 heavy (non-hydrogen) atoms. The number of anilines is 3. The number of hydrogen-bond acceptors (Lipinski definition) is 1. The van der Waals surface area contributed by atoms with Gasteiger partial charge in [0.25, 0.3) is 0 Å². The topological polar surface area (TPSA) is 3.24 Å². The van der Waals surface area contributed by atoms with Crippen LogP contribution in [-0.2, 0) is 5.41 Å². The molecule has 1 heteroatoms. The molecule has 0 saturated carbocycles. The average molecular weight is 640 g/mol. The highest BCUT2D eigenvalue weighted by molar-refractivity contribution is 6.07. The van der Waals surface area contributed by atoms with Gasteiger partial charge in [0.1, 0.15) is 0 Å². The first-order valence-electron chi connectivity index (χ1n) is 17.4. The zero-order chi connectivity index (χ0) is 33.7. The van der Waals surface area contributed by atoms with Gasteiger partial charge < -0.3 is 4.90 Å². The van der Waals surface area contributed by atoms with Gasteiger partial charge in [0, 0.05) is 22.2 Å². The van der Waals surface area contributed by atoms with E-state index in [0.717, 1.165) is 11.4 Å². The third kappa shape index (κ3) is 5.02. The van der Waals surface area contributed by atoms with Crippen LogP contribution in [0, 0.1) is 0 Å². The van der Waals surface area contributed by atoms with Gasteiger partial charge in [-0.25, -0.2) is 0 Å². The molecule has 1 aliphatic carbocycles. The minimum absolute atomic E-state index is 0.132. The van der Waals surface area contributed by atoms with Crippen molar-refractivity contribution in [2.45, 2.75) is 19.3 Å². The summed E-state index contributed by atoms with van der Waals surface area (Å²) in [5, 5.41) is 2.55. The van der Waals surface area contributed by atoms with Crippen LogP contribution >= 0.6 is 0 Å². The Balaban J connectivity index is 1.19. The SMILES string of the molecule is CC1(C)c2ccc(-c3ccccc3)cc2-c2cc(N(c3ccccc3)c3ccc(-c4ccc(-c5ccccc5)cc4)cc3)c3ccccc3c21. The molecule has 9 rings (SSSR count). The Labute approximate surface area is 294 Å². The van der Waals surface area contributed by atoms with Crippen molar-refractivity contribution in [2.75, 3.05) is 4.90 Å². The summed E-state index contributed by atoms with van der Waals surface area (Å²) in [6.07, 6.45) is 0. The van der Waals surface area contributed by atoms with E-state index in [2.05, 4.69) is 207 Å². The van der Waals surface area contributed by atoms with Crippen molar-refractivity contribution in [3.05, 3.63) is 199 Å². The van der Waals surface area contributed by atoms with Crippen LogP contribution in [-0.4, -0.2) is 0 Å². The van der Waals surface area contributed by atoms with Crippen molar-refractivity contribution in [1.29, 1.82) is 0 Å². The smallest absolute Gasteiger partial charge is 0.0546 e. The first-order valence-corrected chi connectivity index (χ1v) is 17.4. The number of fused-ring (bicyclic) bond motifs is 5. The number of benzene rings is 8. The quantitative estimate of drug-likeness (QED) is 0.175. The van der Waals surface area contributed by atoms with Crippen molar-refractivity contribution in [1.82, 2.24) is 0 Å². The molecule has 0 N–H and O–H groups in total. The van der Waals surface area contributed by atoms with Crippen molar-refractivity contribution in [3.8, 4) is 44.5 Å². The number of nitrogens with zero attached hydrogens (tertiary/aromatic N) is 1. The molecule has 0 unspecified atom stereocenters. The summed E-state index contributed by atoms with van der Waals surface area (Å²) in [6.45, 7) is 4.76. The maximum absolute atomic E-state index is 2.45. The van der Waals surface area contributed by atoms with E-state index >= 15 is 0 Å². The van der Waals surface area contributed by atoms with E-state index < -0.39 is 0 Å². The van der Waals surface area contributed by atoms with Crippen molar-refractivity contribution in [3.63, 3.8) is 0 Å². The minimum atomic E-state index is -0.132.